The van der Waals surface area contributed by atoms with Gasteiger partial charge in [0, 0.05) is 35.8 Å². The molecule has 18 heavy (non-hydrogen) atoms. The molecule has 0 aromatic carbocycles. The van der Waals surface area contributed by atoms with Crippen LogP contribution in [0.5, 0.6) is 0 Å². The van der Waals surface area contributed by atoms with Crippen molar-refractivity contribution in [2.24, 2.45) is 0 Å². The van der Waals surface area contributed by atoms with Crippen LogP contribution in [0.1, 0.15) is 32.0 Å². The molecule has 0 aliphatic carbocycles. The molecule has 0 N–H and O–H groups in total. The standard InChI is InChI=1S/C13H17ClN4/c1-9(2)17-5-3-10(8-17)13-15-12-7-11(14)4-6-18(12)16-13/h4,6-7,9-10H,3,5,8H2,1-2H3. The zero-order valence-electron chi connectivity index (χ0n) is 10.7. The van der Waals surface area contributed by atoms with Crippen LogP contribution in [0.2, 0.25) is 5.02 Å². The van der Waals surface area contributed by atoms with Gasteiger partial charge in [-0.05, 0) is 32.9 Å². The number of fused-ring (bicyclic) bond motifs is 1. The maximum atomic E-state index is 5.96. The maximum Gasteiger partial charge on any atom is 0.157 e. The molecule has 2 aromatic rings. The Labute approximate surface area is 112 Å². The van der Waals surface area contributed by atoms with E-state index in [1.165, 1.54) is 0 Å². The van der Waals surface area contributed by atoms with E-state index in [0.29, 0.717) is 17.0 Å². The molecule has 3 heterocycles. The van der Waals surface area contributed by atoms with Gasteiger partial charge in [-0.2, -0.15) is 5.10 Å². The van der Waals surface area contributed by atoms with Crippen LogP contribution in [0, 0.1) is 0 Å². The largest absolute Gasteiger partial charge is 0.300 e. The van der Waals surface area contributed by atoms with E-state index in [1.54, 1.807) is 4.52 Å². The lowest BCUT2D eigenvalue weighted by Gasteiger charge is -2.19. The highest BCUT2D eigenvalue weighted by molar-refractivity contribution is 6.30. The van der Waals surface area contributed by atoms with Gasteiger partial charge in [-0.15, -0.1) is 0 Å². The molecule has 1 aliphatic rings. The summed E-state index contributed by atoms with van der Waals surface area (Å²) < 4.78 is 1.80. The first-order valence-corrected chi connectivity index (χ1v) is 6.77. The number of nitrogens with zero attached hydrogens (tertiary/aromatic N) is 4. The van der Waals surface area contributed by atoms with E-state index in [4.69, 9.17) is 11.6 Å². The Bertz CT molecular complexity index is 563. The van der Waals surface area contributed by atoms with Gasteiger partial charge in [0.15, 0.2) is 11.5 Å². The van der Waals surface area contributed by atoms with Crippen LogP contribution in [-0.2, 0) is 0 Å². The third-order valence-electron chi connectivity index (χ3n) is 3.63. The summed E-state index contributed by atoms with van der Waals surface area (Å²) >= 11 is 5.96. The first kappa shape index (κ1) is 11.9. The number of rotatable bonds is 2. The molecule has 96 valence electrons. The summed E-state index contributed by atoms with van der Waals surface area (Å²) in [7, 11) is 0. The lowest BCUT2D eigenvalue weighted by atomic mass is 10.1. The summed E-state index contributed by atoms with van der Waals surface area (Å²) in [5.74, 6) is 1.39. The average molecular weight is 265 g/mol. The van der Waals surface area contributed by atoms with Gasteiger partial charge >= 0.3 is 0 Å². The third kappa shape index (κ3) is 2.10. The summed E-state index contributed by atoms with van der Waals surface area (Å²) in [4.78, 5) is 7.07. The van der Waals surface area contributed by atoms with Gasteiger partial charge in [0.05, 0.1) is 0 Å². The quantitative estimate of drug-likeness (QED) is 0.836. The van der Waals surface area contributed by atoms with Crippen molar-refractivity contribution in [2.45, 2.75) is 32.2 Å². The van der Waals surface area contributed by atoms with Gasteiger partial charge in [-0.3, -0.25) is 0 Å². The number of hydrogen-bond donors (Lipinski definition) is 0. The number of likely N-dealkylation sites (tertiary alicyclic amines) is 1. The van der Waals surface area contributed by atoms with E-state index in [0.717, 1.165) is 31.0 Å². The van der Waals surface area contributed by atoms with Crippen molar-refractivity contribution in [1.29, 1.82) is 0 Å². The second-order valence-electron chi connectivity index (χ2n) is 5.19. The summed E-state index contributed by atoms with van der Waals surface area (Å²) in [6.45, 7) is 6.67. The molecule has 1 aliphatic heterocycles. The average Bonchev–Trinajstić information content (AvgIpc) is 2.93. The van der Waals surface area contributed by atoms with Crippen LogP contribution in [0.25, 0.3) is 5.65 Å². The molecule has 5 heteroatoms. The second kappa shape index (κ2) is 4.52. The van der Waals surface area contributed by atoms with Crippen LogP contribution in [0.3, 0.4) is 0 Å². The number of halogens is 1. The number of aromatic nitrogens is 3. The molecule has 0 bridgehead atoms. The van der Waals surface area contributed by atoms with E-state index in [1.807, 2.05) is 18.3 Å². The third-order valence-corrected chi connectivity index (χ3v) is 3.87. The van der Waals surface area contributed by atoms with Gasteiger partial charge in [0.2, 0.25) is 0 Å². The molecule has 2 aromatic heterocycles. The smallest absolute Gasteiger partial charge is 0.157 e. The van der Waals surface area contributed by atoms with Gasteiger partial charge in [-0.1, -0.05) is 11.6 Å². The predicted octanol–water partition coefficient (Wildman–Crippen LogP) is 2.58. The van der Waals surface area contributed by atoms with E-state index in [-0.39, 0.29) is 0 Å². The van der Waals surface area contributed by atoms with Gasteiger partial charge in [-0.25, -0.2) is 9.50 Å². The Morgan fingerprint density at radius 3 is 3.00 bits per heavy atom. The van der Waals surface area contributed by atoms with Crippen molar-refractivity contribution in [3.8, 4) is 0 Å². The topological polar surface area (TPSA) is 33.4 Å². The van der Waals surface area contributed by atoms with Crippen LogP contribution in [0.4, 0.5) is 0 Å². The fourth-order valence-electron chi connectivity index (χ4n) is 2.51. The van der Waals surface area contributed by atoms with Crippen LogP contribution in [0.15, 0.2) is 18.3 Å². The van der Waals surface area contributed by atoms with E-state index < -0.39 is 0 Å². The molecule has 1 saturated heterocycles. The molecule has 0 amide bonds. The fraction of sp³-hybridized carbons (Fsp3) is 0.538. The van der Waals surface area contributed by atoms with Crippen molar-refractivity contribution in [1.82, 2.24) is 19.5 Å². The molecular formula is C13H17ClN4. The Balaban J connectivity index is 1.87. The summed E-state index contributed by atoms with van der Waals surface area (Å²) in [5, 5.41) is 5.26. The van der Waals surface area contributed by atoms with Crippen molar-refractivity contribution in [3.05, 3.63) is 29.2 Å². The van der Waals surface area contributed by atoms with Crippen molar-refractivity contribution >= 4 is 17.2 Å². The highest BCUT2D eigenvalue weighted by Gasteiger charge is 2.28. The van der Waals surface area contributed by atoms with Gasteiger partial charge < -0.3 is 4.90 Å². The first-order valence-electron chi connectivity index (χ1n) is 6.39. The predicted molar refractivity (Wildman–Crippen MR) is 72.1 cm³/mol. The summed E-state index contributed by atoms with van der Waals surface area (Å²) in [6, 6.07) is 4.29. The highest BCUT2D eigenvalue weighted by Crippen LogP contribution is 2.26. The minimum atomic E-state index is 0.450. The SMILES string of the molecule is CC(C)N1CCC(c2nc3cc(Cl)ccn3n2)C1. The summed E-state index contributed by atoms with van der Waals surface area (Å²) in [6.07, 6.45) is 3.01. The fourth-order valence-corrected chi connectivity index (χ4v) is 2.67. The molecule has 0 saturated carbocycles. The molecule has 1 fully saturated rings. The Kier molecular flexibility index (Phi) is 2.99. The number of hydrogen-bond acceptors (Lipinski definition) is 3. The molecule has 0 spiro atoms. The van der Waals surface area contributed by atoms with E-state index in [9.17, 15) is 0 Å². The lowest BCUT2D eigenvalue weighted by molar-refractivity contribution is 0.272. The molecule has 1 atom stereocenters. The molecule has 1 unspecified atom stereocenters. The normalized spacial score (nSPS) is 21.2. The van der Waals surface area contributed by atoms with Gasteiger partial charge in [0.25, 0.3) is 0 Å². The Hall–Kier alpha value is -1.13. The van der Waals surface area contributed by atoms with Gasteiger partial charge in [0.1, 0.15) is 0 Å². The molecule has 4 nitrogen and oxygen atoms in total. The van der Waals surface area contributed by atoms with Crippen molar-refractivity contribution < 1.29 is 0 Å². The minimum Gasteiger partial charge on any atom is -0.300 e. The Morgan fingerprint density at radius 2 is 2.28 bits per heavy atom. The van der Waals surface area contributed by atoms with Crippen LogP contribution in [-0.4, -0.2) is 38.6 Å². The first-order chi connectivity index (χ1) is 8.63. The minimum absolute atomic E-state index is 0.450. The van der Waals surface area contributed by atoms with Crippen LogP contribution < -0.4 is 0 Å². The molecular weight excluding hydrogens is 248 g/mol. The van der Waals surface area contributed by atoms with Crippen LogP contribution >= 0.6 is 11.6 Å². The molecule has 3 rings (SSSR count). The van der Waals surface area contributed by atoms with E-state index >= 15 is 0 Å². The van der Waals surface area contributed by atoms with E-state index in [2.05, 4.69) is 28.8 Å². The second-order valence-corrected chi connectivity index (χ2v) is 5.63. The Morgan fingerprint density at radius 1 is 1.44 bits per heavy atom. The molecule has 0 radical (unpaired) electrons. The zero-order chi connectivity index (χ0) is 12.7. The zero-order valence-corrected chi connectivity index (χ0v) is 11.4. The highest BCUT2D eigenvalue weighted by atomic mass is 35.5. The monoisotopic (exact) mass is 264 g/mol. The lowest BCUT2D eigenvalue weighted by Crippen LogP contribution is -2.28. The number of pyridine rings is 1. The maximum absolute atomic E-state index is 5.96. The van der Waals surface area contributed by atoms with Crippen molar-refractivity contribution in [2.75, 3.05) is 13.1 Å². The van der Waals surface area contributed by atoms with Crippen molar-refractivity contribution in [3.63, 3.8) is 0 Å². The summed E-state index contributed by atoms with van der Waals surface area (Å²) in [5.41, 5.74) is 0.834.